The second-order valence-electron chi connectivity index (χ2n) is 8.69. The number of nitrogens with zero attached hydrogens (tertiary/aromatic N) is 1. The van der Waals surface area contributed by atoms with Crippen LogP contribution >= 0.6 is 0 Å². The molecule has 6 heteroatoms. The van der Waals surface area contributed by atoms with Gasteiger partial charge in [0, 0.05) is 18.4 Å². The van der Waals surface area contributed by atoms with Crippen LogP contribution in [0.25, 0.3) is 0 Å². The zero-order valence-electron chi connectivity index (χ0n) is 20.6. The van der Waals surface area contributed by atoms with Gasteiger partial charge in [0.15, 0.2) is 23.0 Å². The number of rotatable bonds is 10. The summed E-state index contributed by atoms with van der Waals surface area (Å²) in [5.74, 6) is 3.57. The first-order valence-corrected chi connectivity index (χ1v) is 11.3. The van der Waals surface area contributed by atoms with Crippen LogP contribution in [0.2, 0.25) is 0 Å². The highest BCUT2D eigenvalue weighted by molar-refractivity contribution is 5.54. The number of benzene rings is 2. The average Bonchev–Trinajstić information content (AvgIpc) is 2.83. The Hall–Kier alpha value is -2.60. The lowest BCUT2D eigenvalue weighted by Gasteiger charge is -2.46. The van der Waals surface area contributed by atoms with Gasteiger partial charge in [0.1, 0.15) is 6.04 Å². The van der Waals surface area contributed by atoms with Crippen molar-refractivity contribution in [3.05, 3.63) is 41.0 Å². The largest absolute Gasteiger partial charge is 0.493 e. The average molecular weight is 445 g/mol. The van der Waals surface area contributed by atoms with E-state index in [9.17, 15) is 0 Å². The minimum atomic E-state index is 0.285. The maximum Gasteiger partial charge on any atom is 0.203 e. The Morgan fingerprint density at radius 1 is 0.812 bits per heavy atom. The summed E-state index contributed by atoms with van der Waals surface area (Å²) < 4.78 is 29.0. The molecule has 2 aromatic rings. The molecule has 1 heterocycles. The van der Waals surface area contributed by atoms with Gasteiger partial charge < -0.3 is 28.2 Å². The van der Waals surface area contributed by atoms with E-state index in [1.165, 1.54) is 24.0 Å². The Morgan fingerprint density at radius 2 is 1.41 bits per heavy atom. The summed E-state index contributed by atoms with van der Waals surface area (Å²) in [6.45, 7) is 4.49. The lowest BCUT2D eigenvalue weighted by molar-refractivity contribution is -0.941. The Bertz CT molecular complexity index is 904. The summed E-state index contributed by atoms with van der Waals surface area (Å²) in [6.07, 6.45) is 4.27. The number of quaternary nitrogens is 1. The molecule has 2 aromatic carbocycles. The molecule has 0 saturated heterocycles. The minimum Gasteiger partial charge on any atom is -0.493 e. The maximum atomic E-state index is 5.66. The standard InChI is InChI=1S/C26H38NO5/c1-8-9-11-27(2)12-10-19-16-22(28-3)23(29-4)17-20(19)21(27)13-18-14-24(30-5)26(32-7)25(15-18)31-6/h14-17,21H,8-13H2,1-7H3/q+1/t21?,27-/m1/s1. The van der Waals surface area contributed by atoms with Gasteiger partial charge in [-0.3, -0.25) is 0 Å². The Balaban J connectivity index is 2.10. The molecule has 0 aromatic heterocycles. The fourth-order valence-electron chi connectivity index (χ4n) is 4.92. The highest BCUT2D eigenvalue weighted by atomic mass is 16.5. The number of ether oxygens (including phenoxy) is 5. The molecule has 1 aliphatic heterocycles. The molecule has 0 bridgehead atoms. The number of fused-ring (bicyclic) bond motifs is 1. The number of methoxy groups -OCH3 is 5. The van der Waals surface area contributed by atoms with Crippen LogP contribution in [-0.2, 0) is 12.8 Å². The Morgan fingerprint density at radius 3 is 1.94 bits per heavy atom. The lowest BCUT2D eigenvalue weighted by atomic mass is 9.86. The number of hydrogen-bond donors (Lipinski definition) is 0. The first-order valence-electron chi connectivity index (χ1n) is 11.3. The van der Waals surface area contributed by atoms with Crippen LogP contribution in [0.5, 0.6) is 28.7 Å². The molecule has 176 valence electrons. The number of hydrogen-bond acceptors (Lipinski definition) is 5. The van der Waals surface area contributed by atoms with Crippen LogP contribution in [0.3, 0.4) is 0 Å². The molecular weight excluding hydrogens is 406 g/mol. The fraction of sp³-hybridized carbons (Fsp3) is 0.538. The zero-order valence-corrected chi connectivity index (χ0v) is 20.6. The summed E-state index contributed by atoms with van der Waals surface area (Å²) >= 11 is 0. The van der Waals surface area contributed by atoms with Crippen molar-refractivity contribution in [2.75, 3.05) is 55.7 Å². The van der Waals surface area contributed by atoms with Crippen LogP contribution in [0, 0.1) is 0 Å². The first-order chi connectivity index (χ1) is 15.4. The number of unbranched alkanes of at least 4 members (excludes halogenated alkanes) is 1. The predicted octanol–water partition coefficient (Wildman–Crippen LogP) is 4.82. The van der Waals surface area contributed by atoms with Crippen molar-refractivity contribution in [2.45, 2.75) is 38.6 Å². The van der Waals surface area contributed by atoms with Gasteiger partial charge in [-0.15, -0.1) is 0 Å². The van der Waals surface area contributed by atoms with Gasteiger partial charge >= 0.3 is 0 Å². The lowest BCUT2D eigenvalue weighted by Crippen LogP contribution is -2.52. The molecule has 0 aliphatic carbocycles. The molecule has 0 saturated carbocycles. The van der Waals surface area contributed by atoms with E-state index in [1.54, 1.807) is 35.5 Å². The van der Waals surface area contributed by atoms with Crippen LogP contribution in [0.4, 0.5) is 0 Å². The van der Waals surface area contributed by atoms with Crippen LogP contribution in [-0.4, -0.2) is 60.2 Å². The van der Waals surface area contributed by atoms with Gasteiger partial charge in [0.2, 0.25) is 5.75 Å². The van der Waals surface area contributed by atoms with Gasteiger partial charge in [0.05, 0.1) is 55.7 Å². The van der Waals surface area contributed by atoms with Crippen LogP contribution < -0.4 is 23.7 Å². The molecule has 0 amide bonds. The van der Waals surface area contributed by atoms with E-state index in [0.717, 1.165) is 47.5 Å². The molecule has 0 radical (unpaired) electrons. The van der Waals surface area contributed by atoms with Crippen LogP contribution in [0.1, 0.15) is 42.5 Å². The summed E-state index contributed by atoms with van der Waals surface area (Å²) in [5.41, 5.74) is 3.83. The van der Waals surface area contributed by atoms with E-state index in [0.29, 0.717) is 17.2 Å². The van der Waals surface area contributed by atoms with Crippen molar-refractivity contribution in [1.29, 1.82) is 0 Å². The SMILES string of the molecule is CCCC[N@+]1(C)CCc2cc(OC)c(OC)cc2C1Cc1cc(OC)c(OC)c(OC)c1. The van der Waals surface area contributed by atoms with E-state index in [-0.39, 0.29) is 6.04 Å². The van der Waals surface area contributed by atoms with E-state index < -0.39 is 0 Å². The van der Waals surface area contributed by atoms with E-state index >= 15 is 0 Å². The van der Waals surface area contributed by atoms with Gasteiger partial charge in [0.25, 0.3) is 0 Å². The normalized spacial score (nSPS) is 19.8. The zero-order chi connectivity index (χ0) is 23.3. The summed E-state index contributed by atoms with van der Waals surface area (Å²) in [6, 6.07) is 8.76. The smallest absolute Gasteiger partial charge is 0.203 e. The maximum absolute atomic E-state index is 5.66. The molecule has 0 fully saturated rings. The van der Waals surface area contributed by atoms with Gasteiger partial charge in [-0.2, -0.15) is 0 Å². The monoisotopic (exact) mass is 444 g/mol. The Kier molecular flexibility index (Phi) is 7.77. The quantitative estimate of drug-likeness (QED) is 0.492. The van der Waals surface area contributed by atoms with E-state index in [4.69, 9.17) is 23.7 Å². The minimum absolute atomic E-state index is 0.285. The third-order valence-corrected chi connectivity index (χ3v) is 6.82. The molecule has 1 aliphatic rings. The van der Waals surface area contributed by atoms with E-state index in [2.05, 4.69) is 38.2 Å². The van der Waals surface area contributed by atoms with Crippen molar-refractivity contribution in [1.82, 2.24) is 0 Å². The predicted molar refractivity (Wildman–Crippen MR) is 127 cm³/mol. The van der Waals surface area contributed by atoms with Crippen molar-refractivity contribution < 1.29 is 28.2 Å². The topological polar surface area (TPSA) is 46.2 Å². The molecule has 3 rings (SSSR count). The number of likely N-dealkylation sites (N-methyl/N-ethyl adjacent to an activating group) is 1. The summed E-state index contributed by atoms with van der Waals surface area (Å²) in [7, 11) is 10.7. The second-order valence-corrected chi connectivity index (χ2v) is 8.69. The highest BCUT2D eigenvalue weighted by Gasteiger charge is 2.39. The molecule has 1 unspecified atom stereocenters. The fourth-order valence-corrected chi connectivity index (χ4v) is 4.92. The molecule has 32 heavy (non-hydrogen) atoms. The highest BCUT2D eigenvalue weighted by Crippen LogP contribution is 2.44. The summed E-state index contributed by atoms with van der Waals surface area (Å²) in [4.78, 5) is 0. The van der Waals surface area contributed by atoms with Gasteiger partial charge in [-0.1, -0.05) is 13.3 Å². The Labute approximate surface area is 192 Å². The third kappa shape index (κ3) is 4.60. The van der Waals surface area contributed by atoms with Crippen molar-refractivity contribution in [3.63, 3.8) is 0 Å². The molecule has 2 atom stereocenters. The molecule has 0 N–H and O–H groups in total. The van der Waals surface area contributed by atoms with Crippen molar-refractivity contribution in [2.24, 2.45) is 0 Å². The van der Waals surface area contributed by atoms with Crippen molar-refractivity contribution >= 4 is 0 Å². The van der Waals surface area contributed by atoms with E-state index in [1.807, 2.05) is 0 Å². The van der Waals surface area contributed by atoms with Crippen molar-refractivity contribution in [3.8, 4) is 28.7 Å². The van der Waals surface area contributed by atoms with Gasteiger partial charge in [-0.05, 0) is 41.8 Å². The summed E-state index contributed by atoms with van der Waals surface area (Å²) in [5, 5.41) is 0. The van der Waals surface area contributed by atoms with Gasteiger partial charge in [-0.25, -0.2) is 0 Å². The third-order valence-electron chi connectivity index (χ3n) is 6.82. The molecular formula is C26H38NO5+. The van der Waals surface area contributed by atoms with Crippen LogP contribution in [0.15, 0.2) is 24.3 Å². The molecule has 0 spiro atoms. The first kappa shape index (κ1) is 24.1. The molecule has 6 nitrogen and oxygen atoms in total. The second kappa shape index (κ2) is 10.3.